The Balaban J connectivity index is 0.00000264. The number of benzene rings is 1. The molecule has 1 saturated heterocycles. The van der Waals surface area contributed by atoms with Gasteiger partial charge in [-0.15, -0.1) is 36.6 Å². The van der Waals surface area contributed by atoms with Crippen molar-refractivity contribution in [3.05, 3.63) is 23.2 Å². The summed E-state index contributed by atoms with van der Waals surface area (Å²) in [7, 11) is -3.49. The van der Waals surface area contributed by atoms with Crippen molar-refractivity contribution < 1.29 is 8.42 Å². The Bertz CT molecular complexity index is 597. The lowest BCUT2D eigenvalue weighted by molar-refractivity contribution is 0.239. The maximum Gasteiger partial charge on any atom is 0.240 e. The Morgan fingerprint density at radius 1 is 1.29 bits per heavy atom. The van der Waals surface area contributed by atoms with Gasteiger partial charge in [0.2, 0.25) is 10.0 Å². The van der Waals surface area contributed by atoms with Crippen LogP contribution in [0, 0.1) is 0 Å². The quantitative estimate of drug-likeness (QED) is 0.508. The maximum absolute atomic E-state index is 12.2. The lowest BCUT2D eigenvalue weighted by Crippen LogP contribution is -2.44. The number of sulfonamides is 1. The monoisotopic (exact) mass is 435 g/mol. The van der Waals surface area contributed by atoms with Crippen LogP contribution in [0.1, 0.15) is 6.42 Å². The molecule has 0 atom stereocenters. The molecule has 1 aliphatic heterocycles. The largest absolute Gasteiger partial charge is 0.314 e. The molecule has 0 spiro atoms. The fourth-order valence-electron chi connectivity index (χ4n) is 2.34. The highest BCUT2D eigenvalue weighted by atomic mass is 35.5. The van der Waals surface area contributed by atoms with Crippen LogP contribution >= 0.6 is 48.2 Å². The topological polar surface area (TPSA) is 61.4 Å². The van der Waals surface area contributed by atoms with E-state index in [1.165, 1.54) is 17.8 Å². The molecule has 5 nitrogen and oxygen atoms in total. The normalized spacial score (nSPS) is 15.4. The number of rotatable bonds is 7. The van der Waals surface area contributed by atoms with Gasteiger partial charge in [-0.25, -0.2) is 13.1 Å². The molecule has 0 radical (unpaired) electrons. The summed E-state index contributed by atoms with van der Waals surface area (Å²) in [5.41, 5.74) is 0. The summed E-state index contributed by atoms with van der Waals surface area (Å²) in [5, 5.41) is 3.77. The summed E-state index contributed by atoms with van der Waals surface area (Å²) in [6.07, 6.45) is 2.71. The second-order valence-corrected chi connectivity index (χ2v) is 8.16. The molecule has 1 aromatic rings. The molecule has 10 heteroatoms. The molecule has 0 aromatic heterocycles. The molecular formula is C14H24Cl3N3O2S2. The molecule has 1 heterocycles. The average Bonchev–Trinajstić information content (AvgIpc) is 2.52. The van der Waals surface area contributed by atoms with E-state index >= 15 is 0 Å². The lowest BCUT2D eigenvalue weighted by Gasteiger charge is -2.27. The van der Waals surface area contributed by atoms with E-state index in [4.69, 9.17) is 11.6 Å². The van der Waals surface area contributed by atoms with Gasteiger partial charge in [-0.1, -0.05) is 11.6 Å². The van der Waals surface area contributed by atoms with E-state index in [1.54, 1.807) is 12.1 Å². The third-order valence-corrected chi connectivity index (χ3v) is 6.27. The van der Waals surface area contributed by atoms with Crippen molar-refractivity contribution in [3.63, 3.8) is 0 Å². The summed E-state index contributed by atoms with van der Waals surface area (Å²) >= 11 is 7.57. The third kappa shape index (κ3) is 7.25. The smallest absolute Gasteiger partial charge is 0.240 e. The van der Waals surface area contributed by atoms with Gasteiger partial charge in [0.1, 0.15) is 0 Å². The number of nitrogens with zero attached hydrogens (tertiary/aromatic N) is 1. The molecule has 2 N–H and O–H groups in total. The first kappa shape index (κ1) is 24.3. The Morgan fingerprint density at radius 2 is 1.96 bits per heavy atom. The highest BCUT2D eigenvalue weighted by molar-refractivity contribution is 7.98. The molecule has 0 aliphatic carbocycles. The minimum Gasteiger partial charge on any atom is -0.314 e. The van der Waals surface area contributed by atoms with Gasteiger partial charge in [-0.3, -0.25) is 0 Å². The molecule has 0 saturated carbocycles. The zero-order valence-electron chi connectivity index (χ0n) is 13.5. The molecule has 0 bridgehead atoms. The summed E-state index contributed by atoms with van der Waals surface area (Å²) in [6, 6.07) is 4.84. The van der Waals surface area contributed by atoms with Gasteiger partial charge in [-0.05, 0) is 37.4 Å². The second kappa shape index (κ2) is 11.8. The first-order chi connectivity index (χ1) is 10.5. The number of nitrogens with one attached hydrogen (secondary N) is 2. The third-order valence-electron chi connectivity index (χ3n) is 3.59. The zero-order chi connectivity index (χ0) is 16.0. The maximum atomic E-state index is 12.2. The van der Waals surface area contributed by atoms with Crippen molar-refractivity contribution in [2.45, 2.75) is 16.2 Å². The van der Waals surface area contributed by atoms with Crippen LogP contribution in [0.25, 0.3) is 0 Å². The van der Waals surface area contributed by atoms with Crippen LogP contribution in [0.5, 0.6) is 0 Å². The van der Waals surface area contributed by atoms with Gasteiger partial charge in [-0.2, -0.15) is 0 Å². The number of piperazine rings is 1. The van der Waals surface area contributed by atoms with E-state index in [0.29, 0.717) is 11.6 Å². The van der Waals surface area contributed by atoms with Crippen LogP contribution < -0.4 is 10.0 Å². The van der Waals surface area contributed by atoms with Crippen LogP contribution in [0.15, 0.2) is 28.0 Å². The highest BCUT2D eigenvalue weighted by Gasteiger charge is 2.15. The molecule has 1 aromatic carbocycles. The fraction of sp³-hybridized carbons (Fsp3) is 0.571. The first-order valence-electron chi connectivity index (χ1n) is 7.29. The van der Waals surface area contributed by atoms with E-state index in [0.717, 1.165) is 44.0 Å². The van der Waals surface area contributed by atoms with Crippen LogP contribution in [-0.2, 0) is 10.0 Å². The summed E-state index contributed by atoms with van der Waals surface area (Å²) < 4.78 is 27.1. The molecule has 0 unspecified atom stereocenters. The molecule has 1 fully saturated rings. The standard InChI is InChI=1S/C14H22ClN3O2S2.2ClH/c1-21-14-4-3-12(11-13(14)15)22(19,20)17-5-2-8-18-9-6-16-7-10-18;;/h3-4,11,16-17H,2,5-10H2,1H3;2*1H. The summed E-state index contributed by atoms with van der Waals surface area (Å²) in [4.78, 5) is 3.44. The van der Waals surface area contributed by atoms with Crippen molar-refractivity contribution >= 4 is 58.2 Å². The van der Waals surface area contributed by atoms with Gasteiger partial charge < -0.3 is 10.2 Å². The van der Waals surface area contributed by atoms with Gasteiger partial charge in [0, 0.05) is 37.6 Å². The Kier molecular flexibility index (Phi) is 11.9. The van der Waals surface area contributed by atoms with Crippen LogP contribution in [0.2, 0.25) is 5.02 Å². The number of thioether (sulfide) groups is 1. The first-order valence-corrected chi connectivity index (χ1v) is 10.4. The van der Waals surface area contributed by atoms with E-state index in [2.05, 4.69) is 14.9 Å². The highest BCUT2D eigenvalue weighted by Crippen LogP contribution is 2.27. The van der Waals surface area contributed by atoms with Crippen molar-refractivity contribution in [3.8, 4) is 0 Å². The van der Waals surface area contributed by atoms with Crippen molar-refractivity contribution in [1.82, 2.24) is 14.9 Å². The zero-order valence-corrected chi connectivity index (χ0v) is 17.5. The predicted molar refractivity (Wildman–Crippen MR) is 107 cm³/mol. The van der Waals surface area contributed by atoms with Gasteiger partial charge >= 0.3 is 0 Å². The predicted octanol–water partition coefficient (Wildman–Crippen LogP) is 2.48. The molecule has 1 aliphatic rings. The van der Waals surface area contributed by atoms with Crippen LogP contribution in [0.3, 0.4) is 0 Å². The van der Waals surface area contributed by atoms with E-state index < -0.39 is 10.0 Å². The molecule has 0 amide bonds. The Labute approximate surface area is 166 Å². The molecule has 2 rings (SSSR count). The SMILES string of the molecule is CSc1ccc(S(=O)(=O)NCCCN2CCNCC2)cc1Cl.Cl.Cl. The summed E-state index contributed by atoms with van der Waals surface area (Å²) in [5.74, 6) is 0. The van der Waals surface area contributed by atoms with Gasteiger partial charge in [0.15, 0.2) is 0 Å². The number of hydrogen-bond donors (Lipinski definition) is 2. The van der Waals surface area contributed by atoms with Crippen molar-refractivity contribution in [1.29, 1.82) is 0 Å². The van der Waals surface area contributed by atoms with Crippen molar-refractivity contribution in [2.75, 3.05) is 45.5 Å². The van der Waals surface area contributed by atoms with Crippen LogP contribution in [0.4, 0.5) is 0 Å². The number of hydrogen-bond acceptors (Lipinski definition) is 5. The van der Waals surface area contributed by atoms with E-state index in [1.807, 2.05) is 6.26 Å². The molecule has 24 heavy (non-hydrogen) atoms. The lowest BCUT2D eigenvalue weighted by atomic mass is 10.3. The summed E-state index contributed by atoms with van der Waals surface area (Å²) in [6.45, 7) is 5.42. The minimum absolute atomic E-state index is 0. The average molecular weight is 437 g/mol. The van der Waals surface area contributed by atoms with E-state index in [9.17, 15) is 8.42 Å². The fourth-order valence-corrected chi connectivity index (χ4v) is 4.38. The van der Waals surface area contributed by atoms with E-state index in [-0.39, 0.29) is 29.7 Å². The second-order valence-electron chi connectivity index (χ2n) is 5.14. The minimum atomic E-state index is -3.49. The van der Waals surface area contributed by atoms with Gasteiger partial charge in [0.25, 0.3) is 0 Å². The molecule has 140 valence electrons. The van der Waals surface area contributed by atoms with Gasteiger partial charge in [0.05, 0.1) is 9.92 Å². The van der Waals surface area contributed by atoms with Crippen molar-refractivity contribution in [2.24, 2.45) is 0 Å². The Morgan fingerprint density at radius 3 is 2.54 bits per heavy atom. The molecular weight excluding hydrogens is 413 g/mol. The Hall–Kier alpha value is 0.270. The number of halogens is 3. The van der Waals surface area contributed by atoms with Crippen LogP contribution in [-0.4, -0.2) is 58.8 Å².